The molecule has 12 rings (SSSR count). The van der Waals surface area contributed by atoms with Crippen molar-refractivity contribution in [1.82, 2.24) is 19.5 Å². The minimum atomic E-state index is 0.618. The van der Waals surface area contributed by atoms with E-state index < -0.39 is 0 Å². The van der Waals surface area contributed by atoms with Crippen molar-refractivity contribution in [2.24, 2.45) is 0 Å². The van der Waals surface area contributed by atoms with Gasteiger partial charge in [-0.3, -0.25) is 0 Å². The number of thiophene rings is 1. The van der Waals surface area contributed by atoms with E-state index in [9.17, 15) is 0 Å². The van der Waals surface area contributed by atoms with Crippen LogP contribution in [0.1, 0.15) is 0 Å². The SMILES string of the molecule is c1ccc(-c2nc(-c3ccccc3)nc(-c3cc(-n4c5ccccc5c5c(-c6ccccc6)cccc54)cc4c3sc3ccc5c6ccccc6oc5c34)n2)cc1. The molecule has 266 valence electrons. The fraction of sp³-hybridized carbons (Fsp3) is 0. The van der Waals surface area contributed by atoms with E-state index >= 15 is 0 Å². The molecule has 0 aliphatic carbocycles. The van der Waals surface area contributed by atoms with Crippen LogP contribution in [0.15, 0.2) is 186 Å². The number of para-hydroxylation sites is 2. The minimum absolute atomic E-state index is 0.618. The first-order valence-corrected chi connectivity index (χ1v) is 19.8. The molecule has 0 fully saturated rings. The molecule has 8 aromatic carbocycles. The normalized spacial score (nSPS) is 11.9. The van der Waals surface area contributed by atoms with Crippen LogP contribution in [0.25, 0.3) is 115 Å². The highest BCUT2D eigenvalue weighted by Crippen LogP contribution is 2.47. The molecule has 5 nitrogen and oxygen atoms in total. The van der Waals surface area contributed by atoms with Gasteiger partial charge in [-0.2, -0.15) is 0 Å². The van der Waals surface area contributed by atoms with Crippen LogP contribution in [-0.2, 0) is 0 Å². The molecule has 12 aromatic rings. The molecular weight excluding hydrogens is 717 g/mol. The summed E-state index contributed by atoms with van der Waals surface area (Å²) in [6, 6.07) is 63.7. The van der Waals surface area contributed by atoms with E-state index in [1.807, 2.05) is 42.5 Å². The first-order valence-electron chi connectivity index (χ1n) is 19.0. The Bertz CT molecular complexity index is 3460. The fourth-order valence-electron chi connectivity index (χ4n) is 8.51. The summed E-state index contributed by atoms with van der Waals surface area (Å²) in [5.41, 5.74) is 10.2. The summed E-state index contributed by atoms with van der Waals surface area (Å²) in [5.74, 6) is 1.87. The molecule has 0 radical (unpaired) electrons. The Morgan fingerprint density at radius 2 is 1.04 bits per heavy atom. The van der Waals surface area contributed by atoms with Gasteiger partial charge in [-0.1, -0.05) is 140 Å². The van der Waals surface area contributed by atoms with Crippen molar-refractivity contribution >= 4 is 75.3 Å². The summed E-state index contributed by atoms with van der Waals surface area (Å²) >= 11 is 1.75. The van der Waals surface area contributed by atoms with Crippen LogP contribution in [-0.4, -0.2) is 19.5 Å². The van der Waals surface area contributed by atoms with Gasteiger partial charge in [0.2, 0.25) is 0 Å². The molecule has 0 saturated heterocycles. The summed E-state index contributed by atoms with van der Waals surface area (Å²) in [7, 11) is 0. The van der Waals surface area contributed by atoms with Crippen molar-refractivity contribution in [1.29, 1.82) is 0 Å². The third-order valence-corrected chi connectivity index (χ3v) is 12.2. The maximum atomic E-state index is 6.73. The summed E-state index contributed by atoms with van der Waals surface area (Å²) < 4.78 is 11.4. The van der Waals surface area contributed by atoms with Crippen molar-refractivity contribution in [2.45, 2.75) is 0 Å². The summed E-state index contributed by atoms with van der Waals surface area (Å²) in [6.45, 7) is 0. The van der Waals surface area contributed by atoms with Gasteiger partial charge in [-0.05, 0) is 53.6 Å². The largest absolute Gasteiger partial charge is 0.455 e. The van der Waals surface area contributed by atoms with Crippen molar-refractivity contribution in [2.75, 3.05) is 0 Å². The van der Waals surface area contributed by atoms with E-state index in [1.54, 1.807) is 11.3 Å². The number of rotatable bonds is 5. The molecule has 0 unspecified atom stereocenters. The van der Waals surface area contributed by atoms with E-state index in [2.05, 4.69) is 144 Å². The zero-order chi connectivity index (χ0) is 37.5. The average molecular weight is 747 g/mol. The molecule has 0 atom stereocenters. The van der Waals surface area contributed by atoms with E-state index in [0.717, 1.165) is 75.5 Å². The number of nitrogens with zero attached hydrogens (tertiary/aromatic N) is 4. The Kier molecular flexibility index (Phi) is 7.03. The third kappa shape index (κ3) is 4.98. The Hall–Kier alpha value is -7.41. The highest BCUT2D eigenvalue weighted by atomic mass is 32.1. The van der Waals surface area contributed by atoms with Gasteiger partial charge in [0.15, 0.2) is 17.5 Å². The average Bonchev–Trinajstić information content (AvgIpc) is 3.96. The highest BCUT2D eigenvalue weighted by Gasteiger charge is 2.23. The van der Waals surface area contributed by atoms with E-state index in [0.29, 0.717) is 17.5 Å². The monoisotopic (exact) mass is 746 g/mol. The van der Waals surface area contributed by atoms with Crippen LogP contribution in [0, 0.1) is 0 Å². The number of furan rings is 1. The van der Waals surface area contributed by atoms with Gasteiger partial charge in [0.25, 0.3) is 0 Å². The molecule has 6 heteroatoms. The summed E-state index contributed by atoms with van der Waals surface area (Å²) in [6.07, 6.45) is 0. The van der Waals surface area contributed by atoms with Crippen molar-refractivity contribution < 1.29 is 4.42 Å². The molecule has 57 heavy (non-hydrogen) atoms. The standard InChI is InChI=1S/C51H30N4OS/c1-4-15-31(16-5-1)35-23-14-25-42-45(35)38-22-10-12-24-41(38)55(42)34-29-39-46-44(28-27-37-36-21-11-13-26-43(36)56-47(37)46)57-48(39)40(30-34)51-53-49(32-17-6-2-7-18-32)52-50(54-51)33-19-8-3-9-20-33/h1-30H. The number of fused-ring (bicyclic) bond motifs is 10. The van der Waals surface area contributed by atoms with Gasteiger partial charge in [-0.15, -0.1) is 11.3 Å². The molecule has 0 N–H and O–H groups in total. The Labute approximate surface area is 330 Å². The number of aromatic nitrogens is 4. The lowest BCUT2D eigenvalue weighted by Gasteiger charge is -2.13. The lowest BCUT2D eigenvalue weighted by atomic mass is 9.99. The van der Waals surface area contributed by atoms with Crippen LogP contribution in [0.2, 0.25) is 0 Å². The van der Waals surface area contributed by atoms with E-state index in [4.69, 9.17) is 19.4 Å². The van der Waals surface area contributed by atoms with Crippen LogP contribution < -0.4 is 0 Å². The predicted octanol–water partition coefficient (Wildman–Crippen LogP) is 13.9. The molecule has 4 aromatic heterocycles. The number of hydrogen-bond donors (Lipinski definition) is 0. The summed E-state index contributed by atoms with van der Waals surface area (Å²) in [4.78, 5) is 15.6. The van der Waals surface area contributed by atoms with Gasteiger partial charge in [0.05, 0.1) is 11.0 Å². The smallest absolute Gasteiger partial charge is 0.165 e. The predicted molar refractivity (Wildman–Crippen MR) is 236 cm³/mol. The van der Waals surface area contributed by atoms with Crippen molar-refractivity contribution in [3.8, 4) is 51.0 Å². The van der Waals surface area contributed by atoms with E-state index in [-0.39, 0.29) is 0 Å². The third-order valence-electron chi connectivity index (χ3n) is 11.0. The van der Waals surface area contributed by atoms with Gasteiger partial charge >= 0.3 is 0 Å². The van der Waals surface area contributed by atoms with Gasteiger partial charge < -0.3 is 8.98 Å². The second-order valence-electron chi connectivity index (χ2n) is 14.3. The minimum Gasteiger partial charge on any atom is -0.455 e. The van der Waals surface area contributed by atoms with Gasteiger partial charge in [-0.25, -0.2) is 15.0 Å². The molecule has 4 heterocycles. The van der Waals surface area contributed by atoms with Crippen LogP contribution in [0.5, 0.6) is 0 Å². The molecular formula is C51H30N4OS. The van der Waals surface area contributed by atoms with Crippen molar-refractivity contribution in [3.05, 3.63) is 182 Å². The van der Waals surface area contributed by atoms with Crippen LogP contribution in [0.4, 0.5) is 0 Å². The van der Waals surface area contributed by atoms with Crippen LogP contribution in [0.3, 0.4) is 0 Å². The van der Waals surface area contributed by atoms with Gasteiger partial charge in [0, 0.05) is 64.1 Å². The highest BCUT2D eigenvalue weighted by molar-refractivity contribution is 7.26. The molecule has 0 bridgehead atoms. The Morgan fingerprint density at radius 3 is 1.77 bits per heavy atom. The molecule has 0 saturated carbocycles. The lowest BCUT2D eigenvalue weighted by Crippen LogP contribution is -2.01. The zero-order valence-corrected chi connectivity index (χ0v) is 31.2. The lowest BCUT2D eigenvalue weighted by molar-refractivity contribution is 0.673. The number of benzene rings is 8. The zero-order valence-electron chi connectivity index (χ0n) is 30.4. The fourth-order valence-corrected chi connectivity index (χ4v) is 9.70. The second-order valence-corrected chi connectivity index (χ2v) is 15.4. The maximum absolute atomic E-state index is 6.73. The molecule has 0 aliphatic heterocycles. The maximum Gasteiger partial charge on any atom is 0.165 e. The summed E-state index contributed by atoms with van der Waals surface area (Å²) in [5, 5.41) is 6.82. The van der Waals surface area contributed by atoms with Crippen molar-refractivity contribution in [3.63, 3.8) is 0 Å². The molecule has 0 aliphatic rings. The second kappa shape index (κ2) is 12.6. The topological polar surface area (TPSA) is 56.7 Å². The Balaban J connectivity index is 1.22. The molecule has 0 spiro atoms. The van der Waals surface area contributed by atoms with Crippen LogP contribution >= 0.6 is 11.3 Å². The Morgan fingerprint density at radius 1 is 0.421 bits per heavy atom. The molecule has 0 amide bonds. The first kappa shape index (κ1) is 31.9. The van der Waals surface area contributed by atoms with Gasteiger partial charge in [0.1, 0.15) is 11.2 Å². The van der Waals surface area contributed by atoms with E-state index in [1.165, 1.54) is 21.9 Å². The quantitative estimate of drug-likeness (QED) is 0.176. The number of hydrogen-bond acceptors (Lipinski definition) is 5. The first-order chi connectivity index (χ1) is 28.3.